The highest BCUT2D eigenvalue weighted by Gasteiger charge is 2.44. The smallest absolute Gasteiger partial charge is 0.403 e. The van der Waals surface area contributed by atoms with Gasteiger partial charge in [0.2, 0.25) is 11.8 Å². The number of nitrogen functional groups attached to an aromatic ring is 1. The van der Waals surface area contributed by atoms with Gasteiger partial charge in [-0.2, -0.15) is 9.97 Å². The molecule has 4 N–H and O–H groups in total. The normalized spacial score (nSPS) is 22.3. The van der Waals surface area contributed by atoms with Crippen molar-refractivity contribution in [1.82, 2.24) is 24.6 Å². The molecule has 14 heteroatoms. The maximum absolute atomic E-state index is 12.6. The molecule has 0 saturated carbocycles. The lowest BCUT2D eigenvalue weighted by atomic mass is 9.87. The largest absolute Gasteiger partial charge is 0.476 e. The third-order valence-corrected chi connectivity index (χ3v) is 6.85. The van der Waals surface area contributed by atoms with E-state index >= 15 is 0 Å². The third-order valence-electron chi connectivity index (χ3n) is 5.58. The van der Waals surface area contributed by atoms with Crippen molar-refractivity contribution in [2.75, 3.05) is 25.6 Å². The number of nitrogens with one attached hydrogen (secondary N) is 1. The van der Waals surface area contributed by atoms with E-state index in [4.69, 9.17) is 24.5 Å². The van der Waals surface area contributed by atoms with Crippen molar-refractivity contribution in [3.63, 3.8) is 0 Å². The minimum atomic E-state index is -4.18. The third kappa shape index (κ3) is 6.71. The first-order valence-corrected chi connectivity index (χ1v) is 13.4. The van der Waals surface area contributed by atoms with Gasteiger partial charge in [-0.3, -0.25) is 13.9 Å². The van der Waals surface area contributed by atoms with Crippen LogP contribution in [-0.4, -0.2) is 62.3 Å². The molecule has 2 aromatic rings. The predicted octanol–water partition coefficient (Wildman–Crippen LogP) is 2.81. The maximum atomic E-state index is 12.6. The average Bonchev–Trinajstić information content (AvgIpc) is 3.29. The highest BCUT2D eigenvalue weighted by molar-refractivity contribution is 7.50. The molecule has 1 aliphatic rings. The summed E-state index contributed by atoms with van der Waals surface area (Å²) in [7, 11) is -4.18. The summed E-state index contributed by atoms with van der Waals surface area (Å²) in [5.41, 5.74) is 5.77. The molecule has 0 spiro atoms. The van der Waals surface area contributed by atoms with Crippen LogP contribution >= 0.6 is 7.75 Å². The minimum absolute atomic E-state index is 0.0537. The van der Waals surface area contributed by atoms with Gasteiger partial charge in [0.15, 0.2) is 11.2 Å². The first-order valence-electron chi connectivity index (χ1n) is 11.8. The molecule has 1 saturated heterocycles. The van der Waals surface area contributed by atoms with Crippen LogP contribution in [0.15, 0.2) is 6.33 Å². The number of ether oxygens (including phenoxy) is 3. The highest BCUT2D eigenvalue weighted by atomic mass is 31.2. The lowest BCUT2D eigenvalue weighted by molar-refractivity contribution is -0.153. The van der Waals surface area contributed by atoms with Gasteiger partial charge < -0.3 is 24.8 Å². The number of nitrogens with two attached hydrogens (primary N) is 1. The molecule has 0 aliphatic carbocycles. The zero-order chi connectivity index (χ0) is 26.9. The van der Waals surface area contributed by atoms with Crippen molar-refractivity contribution in [3.05, 3.63) is 6.33 Å². The molecule has 0 radical (unpaired) electrons. The van der Waals surface area contributed by atoms with Crippen LogP contribution < -0.4 is 15.6 Å². The SMILES string of the molecule is CCOc1nc(N)nc2c1ncn2[C@@H]1O[C@H](COP(=O)(O)N[C@H](C)COC(=O)C(C)(C)C)CC1(C)C. The number of esters is 1. The Morgan fingerprint density at radius 2 is 2.11 bits per heavy atom. The van der Waals surface area contributed by atoms with Crippen molar-refractivity contribution in [2.24, 2.45) is 10.8 Å². The lowest BCUT2D eigenvalue weighted by Gasteiger charge is -2.26. The van der Waals surface area contributed by atoms with Gasteiger partial charge in [0.1, 0.15) is 12.8 Å². The number of imidazole rings is 1. The van der Waals surface area contributed by atoms with Gasteiger partial charge in [-0.15, -0.1) is 0 Å². The number of aromatic nitrogens is 4. The second kappa shape index (κ2) is 10.6. The van der Waals surface area contributed by atoms with E-state index < -0.39 is 37.5 Å². The van der Waals surface area contributed by atoms with E-state index in [2.05, 4.69) is 20.0 Å². The van der Waals surface area contributed by atoms with E-state index in [0.717, 1.165) is 0 Å². The summed E-state index contributed by atoms with van der Waals surface area (Å²) in [5, 5.41) is 2.49. The van der Waals surface area contributed by atoms with Crippen LogP contribution in [0.4, 0.5) is 5.95 Å². The Kier molecular flexibility index (Phi) is 8.31. The zero-order valence-electron chi connectivity index (χ0n) is 21.8. The van der Waals surface area contributed by atoms with Crippen LogP contribution in [0.3, 0.4) is 0 Å². The second-order valence-electron chi connectivity index (χ2n) is 10.6. The summed E-state index contributed by atoms with van der Waals surface area (Å²) in [5.74, 6) is -0.0492. The van der Waals surface area contributed by atoms with Crippen molar-refractivity contribution >= 4 is 30.8 Å². The number of carbonyl (C=O) groups excluding carboxylic acids is 1. The van der Waals surface area contributed by atoms with E-state index in [0.29, 0.717) is 30.1 Å². The Morgan fingerprint density at radius 1 is 1.42 bits per heavy atom. The molecular weight excluding hydrogens is 491 g/mol. The first-order chi connectivity index (χ1) is 16.6. The number of fused-ring (bicyclic) bond motifs is 1. The molecule has 36 heavy (non-hydrogen) atoms. The number of nitrogens with zero attached hydrogens (tertiary/aromatic N) is 4. The molecule has 1 aliphatic heterocycles. The topological polar surface area (TPSA) is 173 Å². The van der Waals surface area contributed by atoms with Crippen LogP contribution in [0.25, 0.3) is 11.2 Å². The molecule has 3 heterocycles. The number of carbonyl (C=O) groups is 1. The molecule has 0 amide bonds. The van der Waals surface area contributed by atoms with Crippen LogP contribution in [-0.2, 0) is 23.4 Å². The van der Waals surface area contributed by atoms with Gasteiger partial charge in [0, 0.05) is 11.5 Å². The summed E-state index contributed by atoms with van der Waals surface area (Å²) in [6, 6.07) is -0.595. The van der Waals surface area contributed by atoms with Crippen molar-refractivity contribution in [1.29, 1.82) is 0 Å². The lowest BCUT2D eigenvalue weighted by Crippen LogP contribution is -2.33. The molecule has 1 unspecified atom stereocenters. The Bertz CT molecular complexity index is 1130. The molecule has 13 nitrogen and oxygen atoms in total. The standard InChI is InChI=1S/C22H37N6O7P/c1-8-32-17-15-16(25-20(23)26-17)28(12-24-15)18-22(6,7)9-14(35-18)11-34-36(30,31)27-13(2)10-33-19(29)21(3,4)5/h12-14,18H,8-11H2,1-7H3,(H2,23,25,26)(H2,27,30,31)/t13-,14+,18-/m1/s1. The van der Waals surface area contributed by atoms with Crippen molar-refractivity contribution in [2.45, 2.75) is 73.3 Å². The highest BCUT2D eigenvalue weighted by Crippen LogP contribution is 2.47. The number of anilines is 1. The summed E-state index contributed by atoms with van der Waals surface area (Å²) >= 11 is 0. The number of rotatable bonds is 10. The van der Waals surface area contributed by atoms with Gasteiger partial charge in [-0.1, -0.05) is 13.8 Å². The Morgan fingerprint density at radius 3 is 2.75 bits per heavy atom. The van der Waals surface area contributed by atoms with Gasteiger partial charge in [-0.25, -0.2) is 14.6 Å². The number of hydrogen-bond acceptors (Lipinski definition) is 10. The average molecular weight is 529 g/mol. The quantitative estimate of drug-likeness (QED) is 0.304. The van der Waals surface area contributed by atoms with Crippen LogP contribution in [0, 0.1) is 10.8 Å². The van der Waals surface area contributed by atoms with Gasteiger partial charge in [-0.05, 0) is 41.0 Å². The van der Waals surface area contributed by atoms with Gasteiger partial charge >= 0.3 is 13.7 Å². The van der Waals surface area contributed by atoms with E-state index in [1.807, 2.05) is 20.8 Å². The predicted molar refractivity (Wildman–Crippen MR) is 132 cm³/mol. The van der Waals surface area contributed by atoms with E-state index in [-0.39, 0.29) is 24.6 Å². The molecule has 3 rings (SSSR count). The summed E-state index contributed by atoms with van der Waals surface area (Å²) in [6.07, 6.45) is 1.19. The molecule has 2 aromatic heterocycles. The second-order valence-corrected chi connectivity index (χ2v) is 12.2. The Labute approximate surface area is 210 Å². The summed E-state index contributed by atoms with van der Waals surface area (Å²) in [4.78, 5) is 35.0. The van der Waals surface area contributed by atoms with E-state index in [1.54, 1.807) is 38.6 Å². The minimum Gasteiger partial charge on any atom is -0.476 e. The zero-order valence-corrected chi connectivity index (χ0v) is 22.7. The van der Waals surface area contributed by atoms with Crippen molar-refractivity contribution < 1.29 is 33.0 Å². The van der Waals surface area contributed by atoms with Gasteiger partial charge in [0.25, 0.3) is 0 Å². The fourth-order valence-electron chi connectivity index (χ4n) is 3.91. The van der Waals surface area contributed by atoms with Gasteiger partial charge in [0.05, 0.1) is 31.1 Å². The molecule has 0 aromatic carbocycles. The van der Waals surface area contributed by atoms with Crippen LogP contribution in [0.1, 0.15) is 61.1 Å². The monoisotopic (exact) mass is 528 g/mol. The van der Waals surface area contributed by atoms with Crippen LogP contribution in [0.2, 0.25) is 0 Å². The van der Waals surface area contributed by atoms with E-state index in [1.165, 1.54) is 0 Å². The van der Waals surface area contributed by atoms with Crippen molar-refractivity contribution in [3.8, 4) is 5.88 Å². The molecule has 0 bridgehead atoms. The fraction of sp³-hybridized carbons (Fsp3) is 0.727. The Hall–Kier alpha value is -2.31. The number of hydrogen-bond donors (Lipinski definition) is 3. The molecule has 202 valence electrons. The maximum Gasteiger partial charge on any atom is 0.403 e. The van der Waals surface area contributed by atoms with Crippen LogP contribution in [0.5, 0.6) is 5.88 Å². The Balaban J connectivity index is 1.63. The molecule has 1 fully saturated rings. The van der Waals surface area contributed by atoms with E-state index in [9.17, 15) is 14.3 Å². The first kappa shape index (κ1) is 28.3. The molecular formula is C22H37N6O7P. The summed E-state index contributed by atoms with van der Waals surface area (Å²) < 4.78 is 36.6. The summed E-state index contributed by atoms with van der Waals surface area (Å²) in [6.45, 7) is 12.9. The molecule has 4 atom stereocenters. The fourth-order valence-corrected chi connectivity index (χ4v) is 4.99.